The summed E-state index contributed by atoms with van der Waals surface area (Å²) < 4.78 is 16.8. The Hall–Kier alpha value is -4.97. The molecule has 0 bridgehead atoms. The van der Waals surface area contributed by atoms with Crippen LogP contribution in [0.2, 0.25) is 0 Å². The van der Waals surface area contributed by atoms with Crippen LogP contribution in [0.25, 0.3) is 0 Å². The highest BCUT2D eigenvalue weighted by molar-refractivity contribution is 5.71. The van der Waals surface area contributed by atoms with Gasteiger partial charge in [-0.1, -0.05) is 243 Å². The van der Waals surface area contributed by atoms with E-state index in [-0.39, 0.29) is 37.5 Å². The number of carbonyl (C=O) groups is 3. The van der Waals surface area contributed by atoms with Crippen molar-refractivity contribution in [3.63, 3.8) is 0 Å². The summed E-state index contributed by atoms with van der Waals surface area (Å²) in [6, 6.07) is 0. The van der Waals surface area contributed by atoms with Crippen molar-refractivity contribution in [1.29, 1.82) is 0 Å². The van der Waals surface area contributed by atoms with E-state index in [0.717, 1.165) is 148 Å². The minimum absolute atomic E-state index is 0.111. The second-order valence-corrected chi connectivity index (χ2v) is 19.1. The zero-order valence-electron chi connectivity index (χ0n) is 48.0. The third kappa shape index (κ3) is 59.8. The molecule has 6 nitrogen and oxygen atoms in total. The fraction of sp³-hybridized carbons (Fsp3) is 0.580. The number of hydrogen-bond donors (Lipinski definition) is 0. The molecule has 0 rings (SSSR count). The second kappa shape index (κ2) is 61.6. The van der Waals surface area contributed by atoms with Crippen LogP contribution in [-0.4, -0.2) is 37.2 Å². The van der Waals surface area contributed by atoms with Gasteiger partial charge in [0.15, 0.2) is 6.10 Å². The smallest absolute Gasteiger partial charge is 0.306 e. The van der Waals surface area contributed by atoms with Crippen molar-refractivity contribution in [1.82, 2.24) is 0 Å². The number of hydrogen-bond acceptors (Lipinski definition) is 6. The van der Waals surface area contributed by atoms with Gasteiger partial charge >= 0.3 is 17.9 Å². The Morgan fingerprint density at radius 3 is 0.880 bits per heavy atom. The molecule has 1 atom stereocenters. The van der Waals surface area contributed by atoms with E-state index in [1.165, 1.54) is 44.9 Å². The topological polar surface area (TPSA) is 78.9 Å². The van der Waals surface area contributed by atoms with Crippen molar-refractivity contribution in [2.24, 2.45) is 0 Å². The molecule has 0 aliphatic rings. The van der Waals surface area contributed by atoms with Gasteiger partial charge in [-0.3, -0.25) is 14.4 Å². The number of rotatable bonds is 52. The van der Waals surface area contributed by atoms with Gasteiger partial charge in [-0.15, -0.1) is 0 Å². The van der Waals surface area contributed by atoms with Gasteiger partial charge in [0.2, 0.25) is 0 Å². The summed E-state index contributed by atoms with van der Waals surface area (Å²) in [5.41, 5.74) is 0. The molecule has 0 aromatic carbocycles. The van der Waals surface area contributed by atoms with Crippen molar-refractivity contribution >= 4 is 17.9 Å². The first-order valence-electron chi connectivity index (χ1n) is 30.0. The summed E-state index contributed by atoms with van der Waals surface area (Å²) in [7, 11) is 0. The molecule has 6 heteroatoms. The van der Waals surface area contributed by atoms with Crippen molar-refractivity contribution in [2.45, 2.75) is 245 Å². The monoisotopic (exact) mass is 1030 g/mol. The number of ether oxygens (including phenoxy) is 3. The quantitative estimate of drug-likeness (QED) is 0.0261. The number of carbonyl (C=O) groups excluding carboxylic acids is 3. The Morgan fingerprint density at radius 2 is 0.533 bits per heavy atom. The lowest BCUT2D eigenvalue weighted by molar-refractivity contribution is -0.167. The van der Waals surface area contributed by atoms with Crippen LogP contribution in [0.3, 0.4) is 0 Å². The molecule has 0 aromatic heterocycles. The van der Waals surface area contributed by atoms with E-state index in [9.17, 15) is 14.4 Å². The minimum atomic E-state index is -0.818. The molecule has 0 fully saturated rings. The van der Waals surface area contributed by atoms with E-state index >= 15 is 0 Å². The Bertz CT molecular complexity index is 1710. The molecular weight excluding hydrogens is 925 g/mol. The number of allylic oxidation sites excluding steroid dienone is 26. The fourth-order valence-electron chi connectivity index (χ4n) is 7.56. The van der Waals surface area contributed by atoms with E-state index in [1.54, 1.807) is 0 Å². The molecule has 0 aromatic rings. The van der Waals surface area contributed by atoms with Crippen LogP contribution in [0.1, 0.15) is 239 Å². The van der Waals surface area contributed by atoms with E-state index in [2.05, 4.69) is 179 Å². The molecule has 0 N–H and O–H groups in total. The molecule has 0 amide bonds. The summed E-state index contributed by atoms with van der Waals surface area (Å²) in [5, 5.41) is 0. The standard InChI is InChI=1S/C69H108O6/c1-4-7-10-13-16-19-22-24-26-28-29-30-31-32-33-34-35-36-37-38-39-41-42-44-47-50-53-56-59-62-68(71)74-65-66(64-73-67(70)61-58-55-52-49-46-21-18-15-12-9-6-3)75-69(72)63-60-57-54-51-48-45-43-40-27-25-23-20-17-14-11-8-5-2/h7-8,10-11,15-20,24-27,29-30,32-33,35-36,38-39,42,44,50,53,66H,4-6,9,12-14,21-23,28,31,34,37,40-41,43,45-49,51-52,54-65H2,1-3H3/b10-7-,11-8-,18-15-,19-16-,20-17-,26-24-,27-25-,30-29-,33-32-,36-35-,39-38-,44-42-,53-50-. The van der Waals surface area contributed by atoms with Crippen LogP contribution < -0.4 is 0 Å². The second-order valence-electron chi connectivity index (χ2n) is 19.1. The highest BCUT2D eigenvalue weighted by Crippen LogP contribution is 2.13. The summed E-state index contributed by atoms with van der Waals surface area (Å²) in [6.07, 6.45) is 89.6. The van der Waals surface area contributed by atoms with E-state index in [1.807, 2.05) is 0 Å². The summed E-state index contributed by atoms with van der Waals surface area (Å²) in [5.74, 6) is -1.000. The van der Waals surface area contributed by atoms with Crippen LogP contribution in [0, 0.1) is 0 Å². The maximum absolute atomic E-state index is 12.9. The molecule has 0 heterocycles. The fourth-order valence-corrected chi connectivity index (χ4v) is 7.56. The van der Waals surface area contributed by atoms with Gasteiger partial charge in [0.25, 0.3) is 0 Å². The lowest BCUT2D eigenvalue weighted by atomic mass is 10.1. The molecule has 420 valence electrons. The average molecular weight is 1030 g/mol. The van der Waals surface area contributed by atoms with Gasteiger partial charge in [-0.2, -0.15) is 0 Å². The van der Waals surface area contributed by atoms with Crippen molar-refractivity contribution < 1.29 is 28.6 Å². The molecule has 0 aliphatic carbocycles. The van der Waals surface area contributed by atoms with Gasteiger partial charge < -0.3 is 14.2 Å². The van der Waals surface area contributed by atoms with E-state index < -0.39 is 6.10 Å². The Morgan fingerprint density at radius 1 is 0.280 bits per heavy atom. The highest BCUT2D eigenvalue weighted by Gasteiger charge is 2.19. The maximum atomic E-state index is 12.9. The van der Waals surface area contributed by atoms with Crippen LogP contribution in [0.5, 0.6) is 0 Å². The van der Waals surface area contributed by atoms with E-state index in [4.69, 9.17) is 14.2 Å². The Kier molecular flexibility index (Phi) is 57.5. The van der Waals surface area contributed by atoms with Crippen molar-refractivity contribution in [3.05, 3.63) is 158 Å². The molecular formula is C69H108O6. The molecule has 1 unspecified atom stereocenters. The summed E-state index contributed by atoms with van der Waals surface area (Å²) in [6.45, 7) is 6.30. The molecule has 0 aliphatic heterocycles. The van der Waals surface area contributed by atoms with Crippen molar-refractivity contribution in [2.75, 3.05) is 13.2 Å². The first-order valence-corrected chi connectivity index (χ1v) is 30.0. The Labute approximate surface area is 460 Å². The molecule has 0 saturated carbocycles. The zero-order valence-corrected chi connectivity index (χ0v) is 48.0. The zero-order chi connectivity index (χ0) is 54.3. The SMILES string of the molecule is CC/C=C\C/C=C\C/C=C\C/C=C\C/C=C\C/C=C\C/C=C\C/C=C\C/C=C\CCCC(=O)OCC(COC(=O)CCCCCCC/C=C\CCCC)OC(=O)CCCCCCCCC/C=C\C/C=C\C/C=C\CC. The Balaban J connectivity index is 4.44. The average Bonchev–Trinajstić information content (AvgIpc) is 3.41. The third-order valence-corrected chi connectivity index (χ3v) is 12.0. The predicted molar refractivity (Wildman–Crippen MR) is 325 cm³/mol. The van der Waals surface area contributed by atoms with Gasteiger partial charge in [0.1, 0.15) is 13.2 Å². The predicted octanol–water partition coefficient (Wildman–Crippen LogP) is 20.5. The number of unbranched alkanes of at least 4 members (excludes halogenated alkanes) is 15. The number of esters is 3. The van der Waals surface area contributed by atoms with Crippen LogP contribution >= 0.6 is 0 Å². The molecule has 0 radical (unpaired) electrons. The van der Waals surface area contributed by atoms with Crippen molar-refractivity contribution in [3.8, 4) is 0 Å². The third-order valence-electron chi connectivity index (χ3n) is 12.0. The van der Waals surface area contributed by atoms with Crippen LogP contribution in [-0.2, 0) is 28.6 Å². The van der Waals surface area contributed by atoms with Crippen LogP contribution in [0.15, 0.2) is 158 Å². The molecule has 75 heavy (non-hydrogen) atoms. The summed E-state index contributed by atoms with van der Waals surface area (Å²) in [4.78, 5) is 38.1. The van der Waals surface area contributed by atoms with E-state index in [0.29, 0.717) is 19.3 Å². The maximum Gasteiger partial charge on any atom is 0.306 e. The normalized spacial score (nSPS) is 13.3. The van der Waals surface area contributed by atoms with Gasteiger partial charge in [0, 0.05) is 19.3 Å². The minimum Gasteiger partial charge on any atom is -0.462 e. The first-order chi connectivity index (χ1) is 37.0. The largest absolute Gasteiger partial charge is 0.462 e. The molecule has 0 saturated heterocycles. The summed E-state index contributed by atoms with van der Waals surface area (Å²) >= 11 is 0. The van der Waals surface area contributed by atoms with Crippen LogP contribution in [0.4, 0.5) is 0 Å². The van der Waals surface area contributed by atoms with Gasteiger partial charge in [-0.05, 0) is 135 Å². The first kappa shape index (κ1) is 70.0. The lowest BCUT2D eigenvalue weighted by Crippen LogP contribution is -2.30. The lowest BCUT2D eigenvalue weighted by Gasteiger charge is -2.18. The molecule has 0 spiro atoms. The van der Waals surface area contributed by atoms with Gasteiger partial charge in [0.05, 0.1) is 0 Å². The van der Waals surface area contributed by atoms with Gasteiger partial charge in [-0.25, -0.2) is 0 Å². The highest BCUT2D eigenvalue weighted by atomic mass is 16.6.